The number of rotatable bonds is 11. The van der Waals surface area contributed by atoms with Crippen LogP contribution in [-0.4, -0.2) is 43.9 Å². The van der Waals surface area contributed by atoms with Gasteiger partial charge in [0.1, 0.15) is 12.9 Å². The summed E-state index contributed by atoms with van der Waals surface area (Å²) in [7, 11) is 2.04. The maximum Gasteiger partial charge on any atom is 0.302 e. The van der Waals surface area contributed by atoms with E-state index in [-0.39, 0.29) is 5.97 Å². The number of ether oxygens (including phenoxy) is 1. The van der Waals surface area contributed by atoms with Gasteiger partial charge >= 0.3 is 5.97 Å². The molecule has 0 N–H and O–H groups in total. The van der Waals surface area contributed by atoms with Crippen molar-refractivity contribution in [1.82, 2.24) is 4.90 Å². The molecule has 17 heavy (non-hydrogen) atoms. The third-order valence-corrected chi connectivity index (χ3v) is 2.64. The van der Waals surface area contributed by atoms with Crippen molar-refractivity contribution in [1.29, 1.82) is 0 Å². The van der Waals surface area contributed by atoms with Gasteiger partial charge in [-0.15, -0.1) is 0 Å². The molecule has 0 amide bonds. The Kier molecular flexibility index (Phi) is 11.0. The molecule has 0 saturated carbocycles. The molecule has 0 aromatic rings. The SMILES string of the molecule is CC(=O)OCCN(C)CCCCCCCC=O. The van der Waals surface area contributed by atoms with E-state index in [1.165, 1.54) is 19.8 Å². The summed E-state index contributed by atoms with van der Waals surface area (Å²) < 4.78 is 4.87. The lowest BCUT2D eigenvalue weighted by molar-refractivity contribution is -0.141. The molecule has 4 heteroatoms. The second-order valence-corrected chi connectivity index (χ2v) is 4.37. The van der Waals surface area contributed by atoms with Crippen LogP contribution >= 0.6 is 0 Å². The highest BCUT2D eigenvalue weighted by molar-refractivity contribution is 5.65. The Hall–Kier alpha value is -0.900. The number of carbonyl (C=O) groups is 2. The van der Waals surface area contributed by atoms with Crippen LogP contribution in [0.2, 0.25) is 0 Å². The molecule has 0 aliphatic heterocycles. The molecule has 0 fully saturated rings. The first-order valence-electron chi connectivity index (χ1n) is 6.42. The van der Waals surface area contributed by atoms with Crippen LogP contribution in [0, 0.1) is 0 Å². The summed E-state index contributed by atoms with van der Waals surface area (Å²) in [5.41, 5.74) is 0. The molecular formula is C13H25NO3. The van der Waals surface area contributed by atoms with Crippen molar-refractivity contribution < 1.29 is 14.3 Å². The van der Waals surface area contributed by atoms with Gasteiger partial charge in [-0.3, -0.25) is 4.79 Å². The molecule has 0 heterocycles. The second-order valence-electron chi connectivity index (χ2n) is 4.37. The minimum atomic E-state index is -0.214. The van der Waals surface area contributed by atoms with E-state index in [1.807, 2.05) is 7.05 Å². The second kappa shape index (κ2) is 11.6. The topological polar surface area (TPSA) is 46.6 Å². The highest BCUT2D eigenvalue weighted by Gasteiger charge is 1.99. The zero-order valence-electron chi connectivity index (χ0n) is 11.1. The van der Waals surface area contributed by atoms with Gasteiger partial charge in [-0.05, 0) is 26.4 Å². The monoisotopic (exact) mass is 243 g/mol. The van der Waals surface area contributed by atoms with Crippen molar-refractivity contribution in [3.63, 3.8) is 0 Å². The van der Waals surface area contributed by atoms with Crippen molar-refractivity contribution >= 4 is 12.3 Å². The standard InChI is InChI=1S/C13H25NO3/c1-13(16)17-12-10-14(2)9-7-5-3-4-6-8-11-15/h11H,3-10,12H2,1-2H3. The summed E-state index contributed by atoms with van der Waals surface area (Å²) in [6, 6.07) is 0. The van der Waals surface area contributed by atoms with E-state index < -0.39 is 0 Å². The molecule has 0 aromatic heterocycles. The minimum absolute atomic E-state index is 0.214. The number of nitrogens with zero attached hydrogens (tertiary/aromatic N) is 1. The minimum Gasteiger partial charge on any atom is -0.465 e. The predicted octanol–water partition coefficient (Wildman–Crippen LogP) is 2.02. The number of aldehydes is 1. The van der Waals surface area contributed by atoms with Crippen LogP contribution in [0.4, 0.5) is 0 Å². The van der Waals surface area contributed by atoms with Gasteiger partial charge < -0.3 is 14.4 Å². The highest BCUT2D eigenvalue weighted by Crippen LogP contribution is 2.04. The van der Waals surface area contributed by atoms with E-state index in [0.29, 0.717) is 13.0 Å². The van der Waals surface area contributed by atoms with Crippen molar-refractivity contribution in [2.45, 2.75) is 45.4 Å². The highest BCUT2D eigenvalue weighted by atomic mass is 16.5. The van der Waals surface area contributed by atoms with Gasteiger partial charge in [0.15, 0.2) is 0 Å². The van der Waals surface area contributed by atoms with Gasteiger partial charge in [0.05, 0.1) is 0 Å². The smallest absolute Gasteiger partial charge is 0.302 e. The molecule has 0 atom stereocenters. The fourth-order valence-electron chi connectivity index (χ4n) is 1.60. The first-order chi connectivity index (χ1) is 8.16. The average Bonchev–Trinajstić information content (AvgIpc) is 2.27. The number of unbranched alkanes of at least 4 members (excludes halogenated alkanes) is 5. The maximum absolute atomic E-state index is 10.5. The Balaban J connectivity index is 3.18. The van der Waals surface area contributed by atoms with Crippen molar-refractivity contribution in [2.75, 3.05) is 26.7 Å². The van der Waals surface area contributed by atoms with Crippen LogP contribution in [0.1, 0.15) is 45.4 Å². The van der Waals surface area contributed by atoms with Gasteiger partial charge in [-0.2, -0.15) is 0 Å². The zero-order valence-corrected chi connectivity index (χ0v) is 11.1. The van der Waals surface area contributed by atoms with Crippen molar-refractivity contribution in [3.05, 3.63) is 0 Å². The van der Waals surface area contributed by atoms with Crippen LogP contribution < -0.4 is 0 Å². The molecule has 0 saturated heterocycles. The molecular weight excluding hydrogens is 218 g/mol. The quantitative estimate of drug-likeness (QED) is 0.316. The van der Waals surface area contributed by atoms with Gasteiger partial charge in [-0.1, -0.05) is 19.3 Å². The molecule has 0 bridgehead atoms. The largest absolute Gasteiger partial charge is 0.465 e. The van der Waals surface area contributed by atoms with Gasteiger partial charge in [-0.25, -0.2) is 0 Å². The summed E-state index contributed by atoms with van der Waals surface area (Å²) >= 11 is 0. The van der Waals surface area contributed by atoms with Crippen LogP contribution in [0.3, 0.4) is 0 Å². The Morgan fingerprint density at radius 1 is 1.12 bits per heavy atom. The lowest BCUT2D eigenvalue weighted by Gasteiger charge is -2.15. The molecule has 0 aliphatic rings. The van der Waals surface area contributed by atoms with E-state index in [0.717, 1.165) is 38.6 Å². The summed E-state index contributed by atoms with van der Waals surface area (Å²) in [6.07, 6.45) is 7.42. The van der Waals surface area contributed by atoms with Gasteiger partial charge in [0.2, 0.25) is 0 Å². The normalized spacial score (nSPS) is 10.5. The molecule has 0 aromatic carbocycles. The number of esters is 1. The average molecular weight is 243 g/mol. The molecule has 0 radical (unpaired) electrons. The maximum atomic E-state index is 10.5. The Morgan fingerprint density at radius 3 is 2.41 bits per heavy atom. The molecule has 100 valence electrons. The first-order valence-corrected chi connectivity index (χ1v) is 6.42. The van der Waals surface area contributed by atoms with Gasteiger partial charge in [0, 0.05) is 19.9 Å². The zero-order chi connectivity index (χ0) is 12.9. The van der Waals surface area contributed by atoms with Crippen molar-refractivity contribution in [2.24, 2.45) is 0 Å². The molecule has 0 unspecified atom stereocenters. The lowest BCUT2D eigenvalue weighted by atomic mass is 10.1. The summed E-state index contributed by atoms with van der Waals surface area (Å²) in [5.74, 6) is -0.214. The Labute approximate surface area is 104 Å². The van der Waals surface area contributed by atoms with E-state index in [4.69, 9.17) is 4.74 Å². The molecule has 4 nitrogen and oxygen atoms in total. The Morgan fingerprint density at radius 2 is 1.76 bits per heavy atom. The van der Waals surface area contributed by atoms with Crippen LogP contribution in [0.5, 0.6) is 0 Å². The first kappa shape index (κ1) is 16.1. The predicted molar refractivity (Wildman–Crippen MR) is 67.9 cm³/mol. The van der Waals surface area contributed by atoms with E-state index in [2.05, 4.69) is 4.90 Å². The number of likely N-dealkylation sites (N-methyl/N-ethyl adjacent to an activating group) is 1. The fourth-order valence-corrected chi connectivity index (χ4v) is 1.60. The van der Waals surface area contributed by atoms with E-state index in [9.17, 15) is 9.59 Å². The molecule has 0 rings (SSSR count). The van der Waals surface area contributed by atoms with Crippen LogP contribution in [0.15, 0.2) is 0 Å². The van der Waals surface area contributed by atoms with Crippen LogP contribution in [-0.2, 0) is 14.3 Å². The number of carbonyl (C=O) groups excluding carboxylic acids is 2. The lowest BCUT2D eigenvalue weighted by Crippen LogP contribution is -2.25. The summed E-state index contributed by atoms with van der Waals surface area (Å²) in [4.78, 5) is 22.8. The number of hydrogen-bond donors (Lipinski definition) is 0. The van der Waals surface area contributed by atoms with E-state index >= 15 is 0 Å². The van der Waals surface area contributed by atoms with Crippen molar-refractivity contribution in [3.8, 4) is 0 Å². The third-order valence-electron chi connectivity index (χ3n) is 2.64. The summed E-state index contributed by atoms with van der Waals surface area (Å²) in [5, 5.41) is 0. The van der Waals surface area contributed by atoms with Crippen LogP contribution in [0.25, 0.3) is 0 Å². The van der Waals surface area contributed by atoms with E-state index in [1.54, 1.807) is 0 Å². The van der Waals surface area contributed by atoms with Gasteiger partial charge in [0.25, 0.3) is 0 Å². The molecule has 0 spiro atoms. The fraction of sp³-hybridized carbons (Fsp3) is 0.846. The third kappa shape index (κ3) is 13.0. The molecule has 0 aliphatic carbocycles. The Bertz CT molecular complexity index is 207. The summed E-state index contributed by atoms with van der Waals surface area (Å²) in [6.45, 7) is 3.74. The number of hydrogen-bond acceptors (Lipinski definition) is 4.